The summed E-state index contributed by atoms with van der Waals surface area (Å²) >= 11 is 0. The molecule has 1 fully saturated rings. The fourth-order valence-corrected chi connectivity index (χ4v) is 4.28. The Morgan fingerprint density at radius 2 is 1.80 bits per heavy atom. The third-order valence-corrected chi connectivity index (χ3v) is 6.40. The molecule has 8 heteroatoms. The molecule has 1 saturated heterocycles. The Bertz CT molecular complexity index is 1350. The summed E-state index contributed by atoms with van der Waals surface area (Å²) in [5.41, 5.74) is 3.15. The lowest BCUT2D eigenvalue weighted by Crippen LogP contribution is -2.46. The third kappa shape index (κ3) is 3.39. The van der Waals surface area contributed by atoms with Gasteiger partial charge in [0, 0.05) is 61.0 Å². The van der Waals surface area contributed by atoms with E-state index in [0.717, 1.165) is 35.5 Å². The smallest absolute Gasteiger partial charge is 0.177 e. The number of benzene rings is 1. The van der Waals surface area contributed by atoms with Crippen molar-refractivity contribution in [2.45, 2.75) is 10.8 Å². The molecule has 1 aromatic carbocycles. The van der Waals surface area contributed by atoms with Crippen molar-refractivity contribution in [1.29, 1.82) is 0 Å². The minimum atomic E-state index is -3.35. The molecule has 0 amide bonds. The number of fused-ring (bicyclic) bond motifs is 1. The lowest BCUT2D eigenvalue weighted by Gasteiger charge is -2.40. The second kappa shape index (κ2) is 7.14. The van der Waals surface area contributed by atoms with Gasteiger partial charge in [-0.05, 0) is 24.3 Å². The van der Waals surface area contributed by atoms with Crippen LogP contribution in [0.5, 0.6) is 0 Å². The Kier molecular flexibility index (Phi) is 4.43. The van der Waals surface area contributed by atoms with Crippen LogP contribution >= 0.6 is 0 Å². The molecule has 1 aliphatic heterocycles. The molecule has 0 N–H and O–H groups in total. The Balaban J connectivity index is 1.42. The number of hydrogen-bond acceptors (Lipinski definition) is 7. The highest BCUT2D eigenvalue weighted by Crippen LogP contribution is 2.34. The Hall–Kier alpha value is -3.39. The highest BCUT2D eigenvalue weighted by atomic mass is 32.2. The van der Waals surface area contributed by atoms with Crippen molar-refractivity contribution in [1.82, 2.24) is 19.9 Å². The van der Waals surface area contributed by atoms with Crippen molar-refractivity contribution in [2.75, 3.05) is 24.2 Å². The van der Waals surface area contributed by atoms with Gasteiger partial charge in [-0.25, -0.2) is 13.4 Å². The summed E-state index contributed by atoms with van der Waals surface area (Å²) in [6.45, 7) is 1.55. The van der Waals surface area contributed by atoms with Gasteiger partial charge in [-0.15, -0.1) is 0 Å². The number of sulfone groups is 1. The lowest BCUT2D eigenvalue weighted by atomic mass is 9.92. The first-order valence-electron chi connectivity index (χ1n) is 9.56. The zero-order valence-electron chi connectivity index (χ0n) is 16.3. The molecule has 150 valence electrons. The number of aromatic nitrogens is 4. The first kappa shape index (κ1) is 18.6. The van der Waals surface area contributed by atoms with E-state index in [1.165, 1.54) is 12.5 Å². The van der Waals surface area contributed by atoms with Gasteiger partial charge in [-0.3, -0.25) is 15.0 Å². The molecule has 3 aromatic heterocycles. The topological polar surface area (TPSA) is 88.9 Å². The molecule has 0 spiro atoms. The van der Waals surface area contributed by atoms with E-state index in [1.807, 2.05) is 24.3 Å². The van der Waals surface area contributed by atoms with Gasteiger partial charge in [0.05, 0.1) is 21.8 Å². The van der Waals surface area contributed by atoms with Gasteiger partial charge in [-0.1, -0.05) is 18.2 Å². The Morgan fingerprint density at radius 1 is 1.00 bits per heavy atom. The van der Waals surface area contributed by atoms with Crippen LogP contribution in [-0.4, -0.2) is 47.7 Å². The van der Waals surface area contributed by atoms with Crippen molar-refractivity contribution in [2.24, 2.45) is 0 Å². The number of nitrogens with zero attached hydrogens (tertiary/aromatic N) is 5. The summed E-state index contributed by atoms with van der Waals surface area (Å²) in [5, 5.41) is 1.12. The van der Waals surface area contributed by atoms with Crippen LogP contribution in [0.3, 0.4) is 0 Å². The van der Waals surface area contributed by atoms with Gasteiger partial charge in [0.25, 0.3) is 0 Å². The zero-order chi connectivity index (χ0) is 20.7. The molecule has 1 aliphatic rings. The van der Waals surface area contributed by atoms with Gasteiger partial charge in [0.15, 0.2) is 9.84 Å². The number of pyridine rings is 2. The molecular formula is C22H19N5O2S. The molecule has 0 atom stereocenters. The van der Waals surface area contributed by atoms with Gasteiger partial charge in [0.1, 0.15) is 5.82 Å². The predicted octanol–water partition coefficient (Wildman–Crippen LogP) is 3.09. The van der Waals surface area contributed by atoms with E-state index in [-0.39, 0.29) is 10.8 Å². The second-order valence-electron chi connectivity index (χ2n) is 7.44. The van der Waals surface area contributed by atoms with Crippen LogP contribution in [0, 0.1) is 0 Å². The van der Waals surface area contributed by atoms with E-state index in [2.05, 4.69) is 32.0 Å². The maximum atomic E-state index is 11.9. The van der Waals surface area contributed by atoms with Crippen molar-refractivity contribution in [3.63, 3.8) is 0 Å². The van der Waals surface area contributed by atoms with Crippen LogP contribution in [0.2, 0.25) is 0 Å². The summed E-state index contributed by atoms with van der Waals surface area (Å²) in [6, 6.07) is 13.8. The van der Waals surface area contributed by atoms with Gasteiger partial charge >= 0.3 is 0 Å². The summed E-state index contributed by atoms with van der Waals surface area (Å²) < 4.78 is 23.8. The van der Waals surface area contributed by atoms with Crippen molar-refractivity contribution in [3.8, 4) is 11.3 Å². The number of hydrogen-bond donors (Lipinski definition) is 0. The number of rotatable bonds is 4. The number of anilines is 1. The van der Waals surface area contributed by atoms with Crippen LogP contribution < -0.4 is 4.90 Å². The van der Waals surface area contributed by atoms with Gasteiger partial charge in [0.2, 0.25) is 0 Å². The van der Waals surface area contributed by atoms with E-state index in [4.69, 9.17) is 4.98 Å². The molecule has 0 unspecified atom stereocenters. The summed E-state index contributed by atoms with van der Waals surface area (Å²) in [5.74, 6) is 1.12. The fourth-order valence-electron chi connectivity index (χ4n) is 3.69. The highest BCUT2D eigenvalue weighted by molar-refractivity contribution is 7.90. The Labute approximate surface area is 174 Å². The van der Waals surface area contributed by atoms with Crippen LogP contribution in [0.15, 0.2) is 72.1 Å². The predicted molar refractivity (Wildman–Crippen MR) is 115 cm³/mol. The molecule has 0 bridgehead atoms. The maximum Gasteiger partial charge on any atom is 0.177 e. The van der Waals surface area contributed by atoms with Crippen molar-refractivity contribution < 1.29 is 8.42 Å². The molecular weight excluding hydrogens is 398 g/mol. The largest absolute Gasteiger partial charge is 0.355 e. The molecule has 30 heavy (non-hydrogen) atoms. The first-order valence-corrected chi connectivity index (χ1v) is 11.5. The minimum absolute atomic E-state index is 0.173. The van der Waals surface area contributed by atoms with Crippen LogP contribution in [0.4, 0.5) is 5.82 Å². The highest BCUT2D eigenvalue weighted by Gasteiger charge is 2.32. The Morgan fingerprint density at radius 3 is 2.63 bits per heavy atom. The zero-order valence-corrected chi connectivity index (χ0v) is 17.1. The standard InChI is InChI=1S/C22H19N5O2S/c1-30(28,29)18-10-16(11-23-12-18)21-22(25-9-8-24-21)17-13-27(14-17)20-7-6-15-4-2-3-5-19(15)26-20/h2-12,17H,13-14H2,1H3. The fraction of sp³-hybridized carbons (Fsp3) is 0.182. The van der Waals surface area contributed by atoms with Crippen LogP contribution in [0.25, 0.3) is 22.2 Å². The minimum Gasteiger partial charge on any atom is -0.355 e. The normalized spacial score (nSPS) is 14.6. The molecule has 0 radical (unpaired) electrons. The first-order chi connectivity index (χ1) is 14.5. The molecule has 7 nitrogen and oxygen atoms in total. The average Bonchev–Trinajstić information content (AvgIpc) is 2.72. The summed E-state index contributed by atoms with van der Waals surface area (Å²) in [7, 11) is -3.35. The van der Waals surface area contributed by atoms with E-state index in [0.29, 0.717) is 11.3 Å². The van der Waals surface area contributed by atoms with Crippen LogP contribution in [0.1, 0.15) is 11.6 Å². The van der Waals surface area contributed by atoms with E-state index < -0.39 is 9.84 Å². The van der Waals surface area contributed by atoms with Gasteiger partial charge < -0.3 is 4.90 Å². The third-order valence-electron chi connectivity index (χ3n) is 5.32. The van der Waals surface area contributed by atoms with E-state index in [1.54, 1.807) is 24.7 Å². The SMILES string of the molecule is CS(=O)(=O)c1cncc(-c2nccnc2C2CN(c3ccc4ccccc4n3)C2)c1. The van der Waals surface area contributed by atoms with E-state index in [9.17, 15) is 8.42 Å². The average molecular weight is 417 g/mol. The molecule has 0 saturated carbocycles. The maximum absolute atomic E-state index is 11.9. The molecule has 4 aromatic rings. The van der Waals surface area contributed by atoms with Gasteiger partial charge in [-0.2, -0.15) is 0 Å². The second-order valence-corrected chi connectivity index (χ2v) is 9.45. The lowest BCUT2D eigenvalue weighted by molar-refractivity contribution is 0.509. The number of para-hydroxylation sites is 1. The van der Waals surface area contributed by atoms with Crippen molar-refractivity contribution >= 4 is 26.6 Å². The monoisotopic (exact) mass is 417 g/mol. The summed E-state index contributed by atoms with van der Waals surface area (Å²) in [4.78, 5) is 20.3. The molecule has 5 rings (SSSR count). The van der Waals surface area contributed by atoms with Crippen molar-refractivity contribution in [3.05, 3.63) is 72.9 Å². The quantitative estimate of drug-likeness (QED) is 0.504. The van der Waals surface area contributed by atoms with E-state index >= 15 is 0 Å². The molecule has 0 aliphatic carbocycles. The summed E-state index contributed by atoms with van der Waals surface area (Å²) in [6.07, 6.45) is 7.44. The van der Waals surface area contributed by atoms with Crippen LogP contribution in [-0.2, 0) is 9.84 Å². The molecule has 4 heterocycles.